The second-order valence-electron chi connectivity index (χ2n) is 5.58. The third kappa shape index (κ3) is 2.97. The molecule has 27 heavy (non-hydrogen) atoms. The van der Waals surface area contributed by atoms with E-state index in [9.17, 15) is 4.79 Å². The molecule has 0 saturated heterocycles. The number of oxazole rings is 1. The second-order valence-corrected chi connectivity index (χ2v) is 5.58. The van der Waals surface area contributed by atoms with Crippen LogP contribution in [0.2, 0.25) is 0 Å². The third-order valence-electron chi connectivity index (χ3n) is 4.00. The zero-order valence-electron chi connectivity index (χ0n) is 14.6. The fourth-order valence-corrected chi connectivity index (χ4v) is 2.65. The molecule has 0 unspecified atom stereocenters. The molecule has 10 heteroatoms. The first-order valence-electron chi connectivity index (χ1n) is 8.15. The number of rotatable bonds is 5. The van der Waals surface area contributed by atoms with Gasteiger partial charge in [-0.1, -0.05) is 5.16 Å². The number of carbonyl (C=O) groups excluding carboxylic acids is 1. The van der Waals surface area contributed by atoms with E-state index in [2.05, 4.69) is 25.1 Å². The zero-order valence-corrected chi connectivity index (χ0v) is 14.6. The van der Waals surface area contributed by atoms with Gasteiger partial charge in [0.05, 0.1) is 24.3 Å². The molecule has 0 radical (unpaired) electrons. The number of anilines is 1. The molecular formula is C17H15N7O3. The lowest BCUT2D eigenvalue weighted by Crippen LogP contribution is -2.32. The predicted octanol–water partition coefficient (Wildman–Crippen LogP) is 2.19. The summed E-state index contributed by atoms with van der Waals surface area (Å²) in [6, 6.07) is 3.61. The molecule has 0 bridgehead atoms. The van der Waals surface area contributed by atoms with Crippen molar-refractivity contribution in [1.82, 2.24) is 29.7 Å². The summed E-state index contributed by atoms with van der Waals surface area (Å²) in [6.07, 6.45) is 7.53. The number of imidazole rings is 1. The van der Waals surface area contributed by atoms with Gasteiger partial charge in [0.2, 0.25) is 11.6 Å². The highest BCUT2D eigenvalue weighted by Gasteiger charge is 2.24. The van der Waals surface area contributed by atoms with Crippen LogP contribution in [0.25, 0.3) is 23.3 Å². The van der Waals surface area contributed by atoms with E-state index in [4.69, 9.17) is 8.94 Å². The number of hydrogen-bond donors (Lipinski definition) is 0. The third-order valence-corrected chi connectivity index (χ3v) is 4.00. The van der Waals surface area contributed by atoms with Gasteiger partial charge in [-0.2, -0.15) is 4.98 Å². The van der Waals surface area contributed by atoms with E-state index in [1.807, 2.05) is 13.0 Å². The fraction of sp³-hybridized carbons (Fsp3) is 0.176. The van der Waals surface area contributed by atoms with Crippen molar-refractivity contribution in [1.29, 1.82) is 0 Å². The predicted molar refractivity (Wildman–Crippen MR) is 93.6 cm³/mol. The first-order valence-corrected chi connectivity index (χ1v) is 8.15. The number of amides is 1. The monoisotopic (exact) mass is 365 g/mol. The number of pyridine rings is 1. The van der Waals surface area contributed by atoms with Crippen LogP contribution in [-0.2, 0) is 7.05 Å². The van der Waals surface area contributed by atoms with Gasteiger partial charge in [-0.05, 0) is 19.1 Å². The molecule has 0 atom stereocenters. The molecule has 0 aliphatic heterocycles. The minimum absolute atomic E-state index is 0.184. The number of aromatic nitrogens is 6. The van der Waals surface area contributed by atoms with E-state index in [1.165, 1.54) is 18.8 Å². The number of nitrogens with zero attached hydrogens (tertiary/aromatic N) is 7. The van der Waals surface area contributed by atoms with Gasteiger partial charge >= 0.3 is 0 Å². The Hall–Kier alpha value is -3.82. The molecule has 136 valence electrons. The Labute approximate surface area is 153 Å². The van der Waals surface area contributed by atoms with Gasteiger partial charge in [0.1, 0.15) is 5.69 Å². The highest BCUT2D eigenvalue weighted by atomic mass is 16.5. The fourth-order valence-electron chi connectivity index (χ4n) is 2.65. The van der Waals surface area contributed by atoms with Crippen molar-refractivity contribution in [2.45, 2.75) is 6.92 Å². The standard InChI is InChI=1S/C17H15N7O3/c1-3-24(11-5-4-6-18-7-11)17(25)12-8-20-15(23(12)2)14-21-16(27-22-14)13-9-19-10-26-13/h4-10H,3H2,1-2H3. The van der Waals surface area contributed by atoms with Gasteiger partial charge in [0.15, 0.2) is 12.2 Å². The van der Waals surface area contributed by atoms with Crippen molar-refractivity contribution in [3.05, 3.63) is 49.0 Å². The first-order chi connectivity index (χ1) is 13.2. The highest BCUT2D eigenvalue weighted by molar-refractivity contribution is 6.05. The van der Waals surface area contributed by atoms with Crippen molar-refractivity contribution in [2.75, 3.05) is 11.4 Å². The molecule has 4 heterocycles. The molecule has 4 aromatic heterocycles. The van der Waals surface area contributed by atoms with Crippen LogP contribution >= 0.6 is 0 Å². The van der Waals surface area contributed by atoms with E-state index in [1.54, 1.807) is 35.0 Å². The van der Waals surface area contributed by atoms with Crippen LogP contribution < -0.4 is 4.90 Å². The van der Waals surface area contributed by atoms with E-state index in [0.29, 0.717) is 29.5 Å². The Kier molecular flexibility index (Phi) is 4.21. The molecule has 1 amide bonds. The van der Waals surface area contributed by atoms with Crippen molar-refractivity contribution in [3.63, 3.8) is 0 Å². The molecule has 0 N–H and O–H groups in total. The van der Waals surface area contributed by atoms with Crippen molar-refractivity contribution in [2.24, 2.45) is 7.05 Å². The Balaban J connectivity index is 1.65. The lowest BCUT2D eigenvalue weighted by molar-refractivity contribution is 0.0980. The van der Waals surface area contributed by atoms with Crippen molar-refractivity contribution < 1.29 is 13.7 Å². The molecule has 0 spiro atoms. The number of carbonyl (C=O) groups is 1. The molecule has 4 rings (SSSR count). The number of hydrogen-bond acceptors (Lipinski definition) is 8. The molecule has 0 fully saturated rings. The zero-order chi connectivity index (χ0) is 18.8. The maximum absolute atomic E-state index is 13.0. The lowest BCUT2D eigenvalue weighted by Gasteiger charge is -2.20. The highest BCUT2D eigenvalue weighted by Crippen LogP contribution is 2.22. The summed E-state index contributed by atoms with van der Waals surface area (Å²) in [5.41, 5.74) is 1.10. The summed E-state index contributed by atoms with van der Waals surface area (Å²) >= 11 is 0. The average molecular weight is 365 g/mol. The molecule has 10 nitrogen and oxygen atoms in total. The Morgan fingerprint density at radius 2 is 2.15 bits per heavy atom. The van der Waals surface area contributed by atoms with Crippen molar-refractivity contribution >= 4 is 11.6 Å². The minimum atomic E-state index is -0.203. The van der Waals surface area contributed by atoms with E-state index >= 15 is 0 Å². The lowest BCUT2D eigenvalue weighted by atomic mass is 10.3. The van der Waals surface area contributed by atoms with Crippen LogP contribution in [0.3, 0.4) is 0 Å². The summed E-state index contributed by atoms with van der Waals surface area (Å²) in [6.45, 7) is 2.38. The SMILES string of the molecule is CCN(C(=O)c1cnc(-c2noc(-c3cnco3)n2)n1C)c1cccnc1. The maximum atomic E-state index is 13.0. The topological polar surface area (TPSA) is 116 Å². The molecule has 0 aliphatic rings. The first kappa shape index (κ1) is 16.6. The van der Waals surface area contributed by atoms with Gasteiger partial charge in [-0.3, -0.25) is 9.78 Å². The Morgan fingerprint density at radius 1 is 1.26 bits per heavy atom. The van der Waals surface area contributed by atoms with Crippen LogP contribution in [0, 0.1) is 0 Å². The van der Waals surface area contributed by atoms with Gasteiger partial charge in [0, 0.05) is 19.8 Å². The van der Waals surface area contributed by atoms with Gasteiger partial charge < -0.3 is 18.4 Å². The van der Waals surface area contributed by atoms with Crippen LogP contribution in [0.15, 0.2) is 52.3 Å². The summed E-state index contributed by atoms with van der Waals surface area (Å²) in [4.78, 5) is 31.0. The van der Waals surface area contributed by atoms with Crippen LogP contribution in [0.4, 0.5) is 5.69 Å². The minimum Gasteiger partial charge on any atom is -0.438 e. The smallest absolute Gasteiger partial charge is 0.295 e. The van der Waals surface area contributed by atoms with E-state index < -0.39 is 0 Å². The van der Waals surface area contributed by atoms with E-state index in [0.717, 1.165) is 0 Å². The van der Waals surface area contributed by atoms with Gasteiger partial charge in [-0.15, -0.1) is 0 Å². The van der Waals surface area contributed by atoms with Gasteiger partial charge in [-0.25, -0.2) is 9.97 Å². The van der Waals surface area contributed by atoms with Crippen molar-refractivity contribution in [3.8, 4) is 23.3 Å². The molecule has 0 saturated carbocycles. The normalized spacial score (nSPS) is 10.9. The molecule has 0 aliphatic carbocycles. The van der Waals surface area contributed by atoms with Crippen LogP contribution in [0.1, 0.15) is 17.4 Å². The quantitative estimate of drug-likeness (QED) is 0.528. The summed E-state index contributed by atoms with van der Waals surface area (Å²) in [7, 11) is 1.72. The Bertz CT molecular complexity index is 1050. The summed E-state index contributed by atoms with van der Waals surface area (Å²) < 4.78 is 11.9. The maximum Gasteiger partial charge on any atom is 0.295 e. The molecule has 0 aromatic carbocycles. The van der Waals surface area contributed by atoms with E-state index in [-0.39, 0.29) is 17.6 Å². The molecule has 4 aromatic rings. The summed E-state index contributed by atoms with van der Waals surface area (Å²) in [5.74, 6) is 0.977. The van der Waals surface area contributed by atoms with Gasteiger partial charge in [0.25, 0.3) is 11.8 Å². The largest absolute Gasteiger partial charge is 0.438 e. The van der Waals surface area contributed by atoms with Crippen LogP contribution in [0.5, 0.6) is 0 Å². The average Bonchev–Trinajstić information content (AvgIpc) is 3.43. The Morgan fingerprint density at radius 3 is 2.85 bits per heavy atom. The second kappa shape index (κ2) is 6.83. The van der Waals surface area contributed by atoms with Crippen LogP contribution in [-0.4, -0.2) is 42.1 Å². The molecular weight excluding hydrogens is 350 g/mol. The summed E-state index contributed by atoms with van der Waals surface area (Å²) in [5, 5.41) is 3.91.